The summed E-state index contributed by atoms with van der Waals surface area (Å²) < 4.78 is 4.75. The molecule has 0 aromatic heterocycles. The van der Waals surface area contributed by atoms with Crippen LogP contribution in [0.2, 0.25) is 0 Å². The van der Waals surface area contributed by atoms with Crippen molar-refractivity contribution in [2.45, 2.75) is 19.3 Å². The number of aliphatic carboxylic acids is 1. The van der Waals surface area contributed by atoms with Crippen LogP contribution in [0.15, 0.2) is 0 Å². The first-order valence-electron chi connectivity index (χ1n) is 6.76. The summed E-state index contributed by atoms with van der Waals surface area (Å²) in [4.78, 5) is 65.1. The molecule has 16 nitrogen and oxygen atoms in total. The Labute approximate surface area is 143 Å². The van der Waals surface area contributed by atoms with E-state index in [0.717, 1.165) is 0 Å². The lowest BCUT2D eigenvalue weighted by molar-refractivity contribution is -0.782. The Kier molecular flexibility index (Phi) is 9.67. The summed E-state index contributed by atoms with van der Waals surface area (Å²) in [7, 11) is 0. The van der Waals surface area contributed by atoms with Crippen molar-refractivity contribution >= 4 is 11.9 Å². The summed E-state index contributed by atoms with van der Waals surface area (Å²) >= 11 is 0. The SMILES string of the molecule is O=C(O)CCCC(=O)OCC(CO[N+](=O)[O-])(CO[N+](=O)[O-])CO[N+](=O)[O-]. The Hall–Kier alpha value is -3.46. The highest BCUT2D eigenvalue weighted by Crippen LogP contribution is 2.21. The van der Waals surface area contributed by atoms with Gasteiger partial charge >= 0.3 is 11.9 Å². The van der Waals surface area contributed by atoms with Gasteiger partial charge in [0.25, 0.3) is 15.3 Å². The van der Waals surface area contributed by atoms with Crippen molar-refractivity contribution in [2.75, 3.05) is 26.4 Å². The first-order valence-corrected chi connectivity index (χ1v) is 6.76. The fourth-order valence-corrected chi connectivity index (χ4v) is 1.51. The van der Waals surface area contributed by atoms with Crippen molar-refractivity contribution in [1.29, 1.82) is 0 Å². The number of hydrogen-bond donors (Lipinski definition) is 1. The van der Waals surface area contributed by atoms with Crippen LogP contribution in [-0.2, 0) is 28.8 Å². The lowest BCUT2D eigenvalue weighted by atomic mass is 9.92. The van der Waals surface area contributed by atoms with Crippen LogP contribution in [-0.4, -0.2) is 58.7 Å². The highest BCUT2D eigenvalue weighted by atomic mass is 17.0. The summed E-state index contributed by atoms with van der Waals surface area (Å²) in [5.41, 5.74) is -1.93. The number of rotatable bonds is 15. The molecule has 0 bridgehead atoms. The van der Waals surface area contributed by atoms with Gasteiger partial charge in [0.15, 0.2) is 0 Å². The van der Waals surface area contributed by atoms with E-state index in [1.165, 1.54) is 0 Å². The fraction of sp³-hybridized carbons (Fsp3) is 0.800. The second-order valence-electron chi connectivity index (χ2n) is 4.90. The van der Waals surface area contributed by atoms with E-state index in [1.54, 1.807) is 0 Å². The summed E-state index contributed by atoms with van der Waals surface area (Å²) in [6.45, 7) is -3.72. The summed E-state index contributed by atoms with van der Waals surface area (Å²) in [5.74, 6) is -2.08. The fourth-order valence-electron chi connectivity index (χ4n) is 1.51. The van der Waals surface area contributed by atoms with Gasteiger partial charge in [-0.25, -0.2) is 0 Å². The number of carboxylic acid groups (broad SMARTS) is 1. The third-order valence-electron chi connectivity index (χ3n) is 2.74. The van der Waals surface area contributed by atoms with Crippen molar-refractivity contribution in [3.8, 4) is 0 Å². The average molecular weight is 385 g/mol. The maximum absolute atomic E-state index is 11.5. The molecule has 148 valence electrons. The average Bonchev–Trinajstić information content (AvgIpc) is 2.52. The monoisotopic (exact) mass is 385 g/mol. The third-order valence-corrected chi connectivity index (χ3v) is 2.74. The molecule has 1 N–H and O–H groups in total. The van der Waals surface area contributed by atoms with Gasteiger partial charge in [-0.15, -0.1) is 30.3 Å². The van der Waals surface area contributed by atoms with Crippen molar-refractivity contribution in [1.82, 2.24) is 0 Å². The first kappa shape index (κ1) is 22.5. The summed E-state index contributed by atoms with van der Waals surface area (Å²) in [6, 6.07) is 0. The number of ether oxygens (including phenoxy) is 1. The minimum atomic E-state index is -1.93. The Morgan fingerprint density at radius 3 is 1.58 bits per heavy atom. The molecule has 0 heterocycles. The van der Waals surface area contributed by atoms with E-state index in [2.05, 4.69) is 14.5 Å². The van der Waals surface area contributed by atoms with Gasteiger partial charge in [0.2, 0.25) is 0 Å². The molecule has 0 spiro atoms. The van der Waals surface area contributed by atoms with Crippen LogP contribution in [0.4, 0.5) is 0 Å². The molecular weight excluding hydrogens is 370 g/mol. The largest absolute Gasteiger partial charge is 0.481 e. The summed E-state index contributed by atoms with van der Waals surface area (Å²) in [6.07, 6.45) is -0.715. The van der Waals surface area contributed by atoms with Crippen LogP contribution in [0, 0.1) is 35.8 Å². The number of nitrogens with zero attached hydrogens (tertiary/aromatic N) is 3. The molecule has 0 aliphatic heterocycles. The number of carboxylic acids is 1. The molecule has 0 saturated carbocycles. The number of carbonyl (C=O) groups is 2. The van der Waals surface area contributed by atoms with E-state index in [9.17, 15) is 39.9 Å². The molecule has 0 amide bonds. The van der Waals surface area contributed by atoms with Crippen LogP contribution >= 0.6 is 0 Å². The molecule has 0 atom stereocenters. The number of esters is 1. The lowest BCUT2D eigenvalue weighted by Crippen LogP contribution is -2.43. The molecule has 0 aromatic rings. The summed E-state index contributed by atoms with van der Waals surface area (Å²) in [5, 5.41) is 35.7. The smallest absolute Gasteiger partial charge is 0.305 e. The van der Waals surface area contributed by atoms with Crippen LogP contribution in [0.25, 0.3) is 0 Å². The van der Waals surface area contributed by atoms with Crippen LogP contribution < -0.4 is 0 Å². The Morgan fingerprint density at radius 1 is 0.808 bits per heavy atom. The van der Waals surface area contributed by atoms with Crippen molar-refractivity contribution in [3.05, 3.63) is 30.3 Å². The van der Waals surface area contributed by atoms with E-state index < -0.39 is 59.0 Å². The predicted molar refractivity (Wildman–Crippen MR) is 73.7 cm³/mol. The van der Waals surface area contributed by atoms with Crippen LogP contribution in [0.3, 0.4) is 0 Å². The molecule has 0 aromatic carbocycles. The van der Waals surface area contributed by atoms with Gasteiger partial charge < -0.3 is 24.4 Å². The third kappa shape index (κ3) is 11.1. The Morgan fingerprint density at radius 2 is 1.23 bits per heavy atom. The van der Waals surface area contributed by atoms with E-state index in [1.807, 2.05) is 0 Å². The molecule has 0 aliphatic rings. The van der Waals surface area contributed by atoms with Gasteiger partial charge in [0, 0.05) is 12.8 Å². The topological polar surface area (TPSA) is 221 Å². The molecule has 26 heavy (non-hydrogen) atoms. The minimum Gasteiger partial charge on any atom is -0.481 e. The predicted octanol–water partition coefficient (Wildman–Crippen LogP) is -0.604. The van der Waals surface area contributed by atoms with E-state index in [-0.39, 0.29) is 19.3 Å². The quantitative estimate of drug-likeness (QED) is 0.211. The Balaban J connectivity index is 4.99. The lowest BCUT2D eigenvalue weighted by Gasteiger charge is -2.29. The first-order chi connectivity index (χ1) is 12.1. The molecule has 16 heteroatoms. The molecule has 0 rings (SSSR count). The Bertz CT molecular complexity index is 491. The normalized spacial score (nSPS) is 10.5. The molecular formula is C10H15N3O13. The standard InChI is InChI=1S/C10H15N3O13/c14-8(15)2-1-3-9(16)23-4-10(5-24-11(17)18,6-25-12(19)20)7-26-13(21)22/h1-7H2,(H,14,15). The number of carbonyl (C=O) groups excluding carboxylic acids is 1. The van der Waals surface area contributed by atoms with Gasteiger partial charge in [0.05, 0.1) is 5.41 Å². The van der Waals surface area contributed by atoms with E-state index in [0.29, 0.717) is 0 Å². The van der Waals surface area contributed by atoms with Gasteiger partial charge in [0.1, 0.15) is 26.4 Å². The van der Waals surface area contributed by atoms with Crippen LogP contribution in [0.5, 0.6) is 0 Å². The van der Waals surface area contributed by atoms with E-state index >= 15 is 0 Å². The molecule has 0 radical (unpaired) electrons. The molecule has 0 aliphatic carbocycles. The van der Waals surface area contributed by atoms with Crippen molar-refractivity contribution in [3.63, 3.8) is 0 Å². The molecule has 0 saturated heterocycles. The maximum atomic E-state index is 11.5. The van der Waals surface area contributed by atoms with Gasteiger partial charge in [-0.05, 0) is 6.42 Å². The van der Waals surface area contributed by atoms with Gasteiger partial charge in [-0.1, -0.05) is 0 Å². The highest BCUT2D eigenvalue weighted by molar-refractivity contribution is 5.71. The second-order valence-corrected chi connectivity index (χ2v) is 4.90. The maximum Gasteiger partial charge on any atom is 0.305 e. The van der Waals surface area contributed by atoms with Crippen molar-refractivity contribution < 1.29 is 49.2 Å². The van der Waals surface area contributed by atoms with Crippen molar-refractivity contribution in [2.24, 2.45) is 5.41 Å². The zero-order chi connectivity index (χ0) is 20.2. The highest BCUT2D eigenvalue weighted by Gasteiger charge is 2.37. The minimum absolute atomic E-state index is 0.0661. The zero-order valence-electron chi connectivity index (χ0n) is 13.1. The van der Waals surface area contributed by atoms with E-state index in [4.69, 9.17) is 9.84 Å². The second kappa shape index (κ2) is 11.2. The van der Waals surface area contributed by atoms with Gasteiger partial charge in [-0.3, -0.25) is 9.59 Å². The molecule has 0 unspecified atom stereocenters. The zero-order valence-corrected chi connectivity index (χ0v) is 13.1. The van der Waals surface area contributed by atoms with Crippen LogP contribution in [0.1, 0.15) is 19.3 Å². The number of hydrogen-bond acceptors (Lipinski definition) is 12. The molecule has 0 fully saturated rings. The van der Waals surface area contributed by atoms with Gasteiger partial charge in [-0.2, -0.15) is 0 Å².